The molecule has 0 aliphatic carbocycles. The average molecular weight is 467 g/mol. The van der Waals surface area contributed by atoms with Crippen molar-refractivity contribution < 1.29 is 18.0 Å². The van der Waals surface area contributed by atoms with Crippen LogP contribution in [0.2, 0.25) is 0 Å². The summed E-state index contributed by atoms with van der Waals surface area (Å²) in [5.41, 5.74) is 0.213. The fourth-order valence-corrected chi connectivity index (χ4v) is 5.40. The standard InChI is InChI=1S/C23H38N4O4S/c1-5-27(6-2)32(30,31)20-12-10-11-19(17-20)22(28)25-21(18(3)4)23(29)24-13-16-26-14-8-7-9-15-26/h10-12,17-18,21H,5-9,13-16H2,1-4H3,(H,24,29)(H,25,28). The number of rotatable bonds is 11. The molecule has 1 aromatic carbocycles. The number of amides is 2. The van der Waals surface area contributed by atoms with Crippen LogP contribution in [0.5, 0.6) is 0 Å². The molecule has 180 valence electrons. The van der Waals surface area contributed by atoms with Crippen molar-refractivity contribution in [2.45, 2.75) is 57.9 Å². The number of benzene rings is 1. The van der Waals surface area contributed by atoms with Crippen molar-refractivity contribution in [2.75, 3.05) is 39.3 Å². The molecule has 1 aliphatic heterocycles. The summed E-state index contributed by atoms with van der Waals surface area (Å²) in [4.78, 5) is 28.0. The molecule has 1 aromatic rings. The van der Waals surface area contributed by atoms with Crippen LogP contribution in [-0.2, 0) is 14.8 Å². The second-order valence-electron chi connectivity index (χ2n) is 8.51. The normalized spacial score (nSPS) is 16.2. The smallest absolute Gasteiger partial charge is 0.251 e. The van der Waals surface area contributed by atoms with Gasteiger partial charge in [-0.05, 0) is 50.0 Å². The molecule has 1 heterocycles. The molecule has 2 N–H and O–H groups in total. The Bertz CT molecular complexity index is 863. The number of nitrogens with one attached hydrogen (secondary N) is 2. The quantitative estimate of drug-likeness (QED) is 0.520. The summed E-state index contributed by atoms with van der Waals surface area (Å²) < 4.78 is 26.9. The molecular weight excluding hydrogens is 428 g/mol. The zero-order valence-electron chi connectivity index (χ0n) is 19.8. The van der Waals surface area contributed by atoms with E-state index in [0.29, 0.717) is 19.6 Å². The van der Waals surface area contributed by atoms with Gasteiger partial charge in [0.25, 0.3) is 5.91 Å². The number of piperidine rings is 1. The Morgan fingerprint density at radius 1 is 1.09 bits per heavy atom. The Morgan fingerprint density at radius 2 is 1.75 bits per heavy atom. The average Bonchev–Trinajstić information content (AvgIpc) is 2.78. The SMILES string of the molecule is CCN(CC)S(=O)(=O)c1cccc(C(=O)NC(C(=O)NCCN2CCCCC2)C(C)C)c1. The maximum absolute atomic E-state index is 12.9. The molecule has 1 fully saturated rings. The van der Waals surface area contributed by atoms with E-state index in [4.69, 9.17) is 0 Å². The number of carbonyl (C=O) groups is 2. The first-order valence-electron chi connectivity index (χ1n) is 11.6. The minimum absolute atomic E-state index is 0.0703. The molecule has 0 aromatic heterocycles. The lowest BCUT2D eigenvalue weighted by Gasteiger charge is -2.27. The van der Waals surface area contributed by atoms with Crippen molar-refractivity contribution in [3.8, 4) is 0 Å². The summed E-state index contributed by atoms with van der Waals surface area (Å²) >= 11 is 0. The zero-order chi connectivity index (χ0) is 23.7. The van der Waals surface area contributed by atoms with Gasteiger partial charge in [-0.3, -0.25) is 9.59 Å². The minimum atomic E-state index is -3.67. The molecule has 9 heteroatoms. The number of likely N-dealkylation sites (tertiary alicyclic amines) is 1. The van der Waals surface area contributed by atoms with Crippen molar-refractivity contribution in [1.82, 2.24) is 19.8 Å². The Labute approximate surface area is 192 Å². The summed E-state index contributed by atoms with van der Waals surface area (Å²) in [5.74, 6) is -0.805. The van der Waals surface area contributed by atoms with Gasteiger partial charge in [-0.1, -0.05) is 40.2 Å². The lowest BCUT2D eigenvalue weighted by Crippen LogP contribution is -2.51. The van der Waals surface area contributed by atoms with Crippen LogP contribution < -0.4 is 10.6 Å². The predicted octanol–water partition coefficient (Wildman–Crippen LogP) is 2.07. The first kappa shape index (κ1) is 26.3. The molecule has 1 aliphatic rings. The highest BCUT2D eigenvalue weighted by molar-refractivity contribution is 7.89. The number of hydrogen-bond donors (Lipinski definition) is 2. The van der Waals surface area contributed by atoms with Crippen molar-refractivity contribution in [1.29, 1.82) is 0 Å². The molecule has 0 saturated carbocycles. The summed E-state index contributed by atoms with van der Waals surface area (Å²) in [5, 5.41) is 5.72. The summed E-state index contributed by atoms with van der Waals surface area (Å²) in [6.07, 6.45) is 3.66. The Morgan fingerprint density at radius 3 is 2.34 bits per heavy atom. The largest absolute Gasteiger partial charge is 0.353 e. The van der Waals surface area contributed by atoms with Gasteiger partial charge in [-0.2, -0.15) is 4.31 Å². The summed E-state index contributed by atoms with van der Waals surface area (Å²) in [6, 6.07) is 5.26. The van der Waals surface area contributed by atoms with E-state index in [2.05, 4.69) is 15.5 Å². The Balaban J connectivity index is 2.03. The highest BCUT2D eigenvalue weighted by atomic mass is 32.2. The van der Waals surface area contributed by atoms with Gasteiger partial charge in [0.1, 0.15) is 6.04 Å². The van der Waals surface area contributed by atoms with Gasteiger partial charge in [-0.25, -0.2) is 8.42 Å². The highest BCUT2D eigenvalue weighted by Crippen LogP contribution is 2.17. The van der Waals surface area contributed by atoms with Crippen LogP contribution in [-0.4, -0.2) is 74.7 Å². The summed E-state index contributed by atoms with van der Waals surface area (Å²) in [6.45, 7) is 11.5. The van der Waals surface area contributed by atoms with E-state index in [1.165, 1.54) is 35.7 Å². The van der Waals surface area contributed by atoms with Gasteiger partial charge in [0.15, 0.2) is 0 Å². The van der Waals surface area contributed by atoms with Gasteiger partial charge in [0.2, 0.25) is 15.9 Å². The molecular formula is C23H38N4O4S. The van der Waals surface area contributed by atoms with Gasteiger partial charge < -0.3 is 15.5 Å². The van der Waals surface area contributed by atoms with E-state index < -0.39 is 22.0 Å². The molecule has 32 heavy (non-hydrogen) atoms. The van der Waals surface area contributed by atoms with Crippen LogP contribution in [0.1, 0.15) is 57.3 Å². The van der Waals surface area contributed by atoms with Crippen molar-refractivity contribution in [2.24, 2.45) is 5.92 Å². The maximum Gasteiger partial charge on any atom is 0.251 e. The second-order valence-corrected chi connectivity index (χ2v) is 10.4. The molecule has 1 unspecified atom stereocenters. The molecule has 8 nitrogen and oxygen atoms in total. The predicted molar refractivity (Wildman–Crippen MR) is 126 cm³/mol. The van der Waals surface area contributed by atoms with Crippen LogP contribution in [0.4, 0.5) is 0 Å². The monoisotopic (exact) mass is 466 g/mol. The Hall–Kier alpha value is -1.97. The zero-order valence-corrected chi connectivity index (χ0v) is 20.6. The molecule has 2 rings (SSSR count). The van der Waals surface area contributed by atoms with Crippen LogP contribution in [0.25, 0.3) is 0 Å². The highest BCUT2D eigenvalue weighted by Gasteiger charge is 2.26. The minimum Gasteiger partial charge on any atom is -0.353 e. The Kier molecular flexibility index (Phi) is 10.1. The molecule has 2 amide bonds. The van der Waals surface area contributed by atoms with Crippen LogP contribution in [0.15, 0.2) is 29.2 Å². The van der Waals surface area contributed by atoms with E-state index in [1.807, 2.05) is 13.8 Å². The number of hydrogen-bond acceptors (Lipinski definition) is 5. The van der Waals surface area contributed by atoms with Crippen molar-refractivity contribution >= 4 is 21.8 Å². The van der Waals surface area contributed by atoms with Crippen LogP contribution in [0.3, 0.4) is 0 Å². The second kappa shape index (κ2) is 12.3. The third-order valence-electron chi connectivity index (χ3n) is 5.85. The third-order valence-corrected chi connectivity index (χ3v) is 7.90. The van der Waals surface area contributed by atoms with Gasteiger partial charge in [0, 0.05) is 31.7 Å². The van der Waals surface area contributed by atoms with Gasteiger partial charge in [0.05, 0.1) is 4.90 Å². The van der Waals surface area contributed by atoms with E-state index in [-0.39, 0.29) is 22.3 Å². The number of carbonyl (C=O) groups excluding carboxylic acids is 2. The topological polar surface area (TPSA) is 98.8 Å². The van der Waals surface area contributed by atoms with E-state index in [0.717, 1.165) is 19.6 Å². The van der Waals surface area contributed by atoms with Crippen molar-refractivity contribution in [3.05, 3.63) is 29.8 Å². The van der Waals surface area contributed by atoms with Gasteiger partial charge >= 0.3 is 0 Å². The third kappa shape index (κ3) is 7.02. The maximum atomic E-state index is 12.9. The first-order valence-corrected chi connectivity index (χ1v) is 13.1. The van der Waals surface area contributed by atoms with Crippen molar-refractivity contribution in [3.63, 3.8) is 0 Å². The lowest BCUT2D eigenvalue weighted by molar-refractivity contribution is -0.124. The molecule has 0 bridgehead atoms. The van der Waals surface area contributed by atoms with E-state index in [1.54, 1.807) is 26.0 Å². The fraction of sp³-hybridized carbons (Fsp3) is 0.652. The molecule has 0 radical (unpaired) electrons. The molecule has 1 atom stereocenters. The van der Waals surface area contributed by atoms with Gasteiger partial charge in [-0.15, -0.1) is 0 Å². The molecule has 0 spiro atoms. The fourth-order valence-electron chi connectivity index (χ4n) is 3.90. The summed E-state index contributed by atoms with van der Waals surface area (Å²) in [7, 11) is -3.67. The molecule has 1 saturated heterocycles. The van der Waals surface area contributed by atoms with Crippen LogP contribution >= 0.6 is 0 Å². The first-order chi connectivity index (χ1) is 15.2. The van der Waals surface area contributed by atoms with E-state index >= 15 is 0 Å². The lowest BCUT2D eigenvalue weighted by atomic mass is 10.0. The number of sulfonamides is 1. The number of nitrogens with zero attached hydrogens (tertiary/aromatic N) is 2. The van der Waals surface area contributed by atoms with Crippen LogP contribution in [0, 0.1) is 5.92 Å². The van der Waals surface area contributed by atoms with E-state index in [9.17, 15) is 18.0 Å².